The van der Waals surface area contributed by atoms with E-state index in [4.69, 9.17) is 5.26 Å². The lowest BCUT2D eigenvalue weighted by Gasteiger charge is -2.29. The number of hydrogen-bond acceptors (Lipinski definition) is 3. The molecule has 138 valence electrons. The van der Waals surface area contributed by atoms with Gasteiger partial charge >= 0.3 is 0 Å². The Hall–Kier alpha value is -3.05. The van der Waals surface area contributed by atoms with Gasteiger partial charge in [0.1, 0.15) is 11.6 Å². The Kier molecular flexibility index (Phi) is 5.94. The molecular formula is C22H24N4O. The average Bonchev–Trinajstić information content (AvgIpc) is 3.04. The van der Waals surface area contributed by atoms with E-state index in [1.807, 2.05) is 35.0 Å². The summed E-state index contributed by atoms with van der Waals surface area (Å²) in [6, 6.07) is 12.2. The van der Waals surface area contributed by atoms with Gasteiger partial charge in [-0.15, -0.1) is 0 Å². The molecule has 5 heteroatoms. The van der Waals surface area contributed by atoms with Gasteiger partial charge in [-0.05, 0) is 30.9 Å². The average molecular weight is 360 g/mol. The molecule has 2 atom stereocenters. The normalized spacial score (nSPS) is 20.0. The number of aromatic nitrogens is 1. The van der Waals surface area contributed by atoms with Gasteiger partial charge in [-0.2, -0.15) is 10.5 Å². The molecule has 27 heavy (non-hydrogen) atoms. The maximum absolute atomic E-state index is 12.7. The Morgan fingerprint density at radius 1 is 1.30 bits per heavy atom. The minimum absolute atomic E-state index is 0.121. The fourth-order valence-electron chi connectivity index (χ4n) is 3.83. The van der Waals surface area contributed by atoms with Gasteiger partial charge in [0.05, 0.1) is 12.5 Å². The van der Waals surface area contributed by atoms with E-state index < -0.39 is 0 Å². The summed E-state index contributed by atoms with van der Waals surface area (Å²) in [6.07, 6.45) is 8.39. The maximum Gasteiger partial charge on any atom is 0.262 e. The van der Waals surface area contributed by atoms with E-state index in [2.05, 4.69) is 24.4 Å². The number of nitriles is 2. The van der Waals surface area contributed by atoms with E-state index in [-0.39, 0.29) is 17.5 Å². The Morgan fingerprint density at radius 2 is 2.07 bits per heavy atom. The number of nitrogens with one attached hydrogen (secondary N) is 1. The van der Waals surface area contributed by atoms with Crippen LogP contribution in [0.5, 0.6) is 0 Å². The Bertz CT molecular complexity index is 941. The first-order chi connectivity index (χ1) is 13.1. The number of rotatable bonds is 5. The Balaban J connectivity index is 1.88. The van der Waals surface area contributed by atoms with Crippen molar-refractivity contribution in [1.82, 2.24) is 9.88 Å². The quantitative estimate of drug-likeness (QED) is 0.642. The van der Waals surface area contributed by atoms with E-state index in [0.29, 0.717) is 18.9 Å². The molecule has 1 amide bonds. The second-order valence-corrected chi connectivity index (χ2v) is 7.21. The largest absolute Gasteiger partial charge is 0.348 e. The molecule has 1 aliphatic rings. The van der Waals surface area contributed by atoms with Crippen LogP contribution in [0.4, 0.5) is 0 Å². The lowest BCUT2D eigenvalue weighted by molar-refractivity contribution is -0.118. The van der Waals surface area contributed by atoms with E-state index >= 15 is 0 Å². The molecule has 0 bridgehead atoms. The first-order valence-electron chi connectivity index (χ1n) is 9.51. The standard InChI is InChI=1S/C22H24N4O/c1-16-7-2-4-9-20(16)25-22(27)17(14-24)13-18-15-26(12-6-11-23)21-10-5-3-8-19(18)21/h3,5,8,10,13,15-16,20H,2,4,6-7,9,12H2,1H3,(H,25,27)/b17-13+/t16-,20-/m0/s1. The molecule has 1 aliphatic carbocycles. The van der Waals surface area contributed by atoms with Crippen LogP contribution in [0.1, 0.15) is 44.6 Å². The number of carbonyl (C=O) groups excluding carboxylic acids is 1. The van der Waals surface area contributed by atoms with Crippen LogP contribution in [0.3, 0.4) is 0 Å². The SMILES string of the molecule is C[C@H]1CCCC[C@@H]1NC(=O)/C(C#N)=C/c1cn(CCC#N)c2ccccc12. The maximum atomic E-state index is 12.7. The van der Waals surface area contributed by atoms with Crippen LogP contribution >= 0.6 is 0 Å². The molecule has 1 aromatic heterocycles. The molecule has 3 rings (SSSR count). The van der Waals surface area contributed by atoms with Crippen LogP contribution in [-0.4, -0.2) is 16.5 Å². The number of hydrogen-bond donors (Lipinski definition) is 1. The van der Waals surface area contributed by atoms with Crippen molar-refractivity contribution in [2.45, 2.75) is 51.6 Å². The molecule has 0 radical (unpaired) electrons. The van der Waals surface area contributed by atoms with Gasteiger partial charge in [0.25, 0.3) is 5.91 Å². The van der Waals surface area contributed by atoms with Crippen LogP contribution in [0.25, 0.3) is 17.0 Å². The first-order valence-corrected chi connectivity index (χ1v) is 9.51. The van der Waals surface area contributed by atoms with Gasteiger partial charge < -0.3 is 9.88 Å². The van der Waals surface area contributed by atoms with Gasteiger partial charge in [0.2, 0.25) is 0 Å². The molecule has 1 heterocycles. The molecule has 1 saturated carbocycles. The molecule has 0 spiro atoms. The molecule has 0 saturated heterocycles. The number of nitrogens with zero attached hydrogens (tertiary/aromatic N) is 3. The van der Waals surface area contributed by atoms with Crippen molar-refractivity contribution in [2.24, 2.45) is 5.92 Å². The van der Waals surface area contributed by atoms with Crippen molar-refractivity contribution in [1.29, 1.82) is 10.5 Å². The van der Waals surface area contributed by atoms with E-state index in [9.17, 15) is 10.1 Å². The first kappa shape index (κ1) is 18.7. The van der Waals surface area contributed by atoms with Crippen molar-refractivity contribution in [3.05, 3.63) is 41.6 Å². The van der Waals surface area contributed by atoms with Gasteiger partial charge in [0, 0.05) is 35.2 Å². The predicted octanol–water partition coefficient (Wildman–Crippen LogP) is 4.16. The molecular weight excluding hydrogens is 336 g/mol. The number of amides is 1. The third-order valence-electron chi connectivity index (χ3n) is 5.38. The second-order valence-electron chi connectivity index (χ2n) is 7.21. The molecule has 5 nitrogen and oxygen atoms in total. The van der Waals surface area contributed by atoms with Crippen molar-refractivity contribution < 1.29 is 4.79 Å². The molecule has 1 aromatic carbocycles. The summed E-state index contributed by atoms with van der Waals surface area (Å²) in [6.45, 7) is 2.74. The smallest absolute Gasteiger partial charge is 0.262 e. The zero-order valence-electron chi connectivity index (χ0n) is 15.6. The summed E-state index contributed by atoms with van der Waals surface area (Å²) >= 11 is 0. The van der Waals surface area contributed by atoms with Gasteiger partial charge in [-0.3, -0.25) is 4.79 Å². The zero-order valence-corrected chi connectivity index (χ0v) is 15.6. The minimum atomic E-state index is -0.301. The molecule has 1 N–H and O–H groups in total. The number of carbonyl (C=O) groups is 1. The van der Waals surface area contributed by atoms with Crippen LogP contribution in [0.2, 0.25) is 0 Å². The highest BCUT2D eigenvalue weighted by atomic mass is 16.1. The van der Waals surface area contributed by atoms with Crippen LogP contribution in [0.15, 0.2) is 36.0 Å². The third kappa shape index (κ3) is 4.20. The van der Waals surface area contributed by atoms with Gasteiger partial charge in [-0.1, -0.05) is 38.0 Å². The topological polar surface area (TPSA) is 81.6 Å². The van der Waals surface area contributed by atoms with E-state index in [1.165, 1.54) is 6.42 Å². The fraction of sp³-hybridized carbons (Fsp3) is 0.409. The molecule has 0 unspecified atom stereocenters. The summed E-state index contributed by atoms with van der Waals surface area (Å²) < 4.78 is 2.00. The lowest BCUT2D eigenvalue weighted by atomic mass is 9.86. The van der Waals surface area contributed by atoms with Gasteiger partial charge in [0.15, 0.2) is 0 Å². The van der Waals surface area contributed by atoms with E-state index in [0.717, 1.165) is 35.7 Å². The predicted molar refractivity (Wildman–Crippen MR) is 105 cm³/mol. The molecule has 2 aromatic rings. The van der Waals surface area contributed by atoms with Crippen LogP contribution in [0, 0.1) is 28.6 Å². The lowest BCUT2D eigenvalue weighted by Crippen LogP contribution is -2.41. The molecule has 1 fully saturated rings. The Labute approximate surface area is 159 Å². The summed E-state index contributed by atoms with van der Waals surface area (Å²) in [7, 11) is 0. The fourth-order valence-corrected chi connectivity index (χ4v) is 3.83. The number of fused-ring (bicyclic) bond motifs is 1. The summed E-state index contributed by atoms with van der Waals surface area (Å²) in [5.41, 5.74) is 1.94. The molecule has 0 aliphatic heterocycles. The van der Waals surface area contributed by atoms with Crippen molar-refractivity contribution in [3.8, 4) is 12.1 Å². The monoisotopic (exact) mass is 360 g/mol. The Morgan fingerprint density at radius 3 is 2.81 bits per heavy atom. The van der Waals surface area contributed by atoms with Crippen molar-refractivity contribution >= 4 is 22.9 Å². The summed E-state index contributed by atoms with van der Waals surface area (Å²) in [5.74, 6) is 0.139. The highest BCUT2D eigenvalue weighted by molar-refractivity contribution is 6.04. The van der Waals surface area contributed by atoms with Gasteiger partial charge in [-0.25, -0.2) is 0 Å². The zero-order chi connectivity index (χ0) is 19.2. The minimum Gasteiger partial charge on any atom is -0.348 e. The van der Waals surface area contributed by atoms with Crippen LogP contribution in [-0.2, 0) is 11.3 Å². The highest BCUT2D eigenvalue weighted by Gasteiger charge is 2.24. The number of benzene rings is 1. The summed E-state index contributed by atoms with van der Waals surface area (Å²) in [5, 5.41) is 22.4. The van der Waals surface area contributed by atoms with Crippen LogP contribution < -0.4 is 5.32 Å². The highest BCUT2D eigenvalue weighted by Crippen LogP contribution is 2.26. The van der Waals surface area contributed by atoms with Crippen molar-refractivity contribution in [2.75, 3.05) is 0 Å². The van der Waals surface area contributed by atoms with E-state index in [1.54, 1.807) is 6.08 Å². The summed E-state index contributed by atoms with van der Waals surface area (Å²) in [4.78, 5) is 12.7. The number of para-hydroxylation sites is 1. The third-order valence-corrected chi connectivity index (χ3v) is 5.38. The van der Waals surface area contributed by atoms with Crippen molar-refractivity contribution in [3.63, 3.8) is 0 Å². The second kappa shape index (κ2) is 8.56. The number of aryl methyl sites for hydroxylation is 1.